The van der Waals surface area contributed by atoms with Crippen LogP contribution in [0.15, 0.2) is 35.2 Å². The van der Waals surface area contributed by atoms with E-state index in [0.29, 0.717) is 5.82 Å². The molecule has 1 atom stereocenters. The number of rotatable bonds is 2. The van der Waals surface area contributed by atoms with Gasteiger partial charge >= 0.3 is 0 Å². The van der Waals surface area contributed by atoms with Gasteiger partial charge in [-0.15, -0.1) is 0 Å². The van der Waals surface area contributed by atoms with Crippen LogP contribution in [0.5, 0.6) is 0 Å². The predicted molar refractivity (Wildman–Crippen MR) is 59.7 cm³/mol. The second kappa shape index (κ2) is 4.12. The summed E-state index contributed by atoms with van der Waals surface area (Å²) < 4.78 is 2.54. The zero-order valence-corrected chi connectivity index (χ0v) is 9.72. The Bertz CT molecular complexity index is 467. The molecular weight excluding hydrogens is 258 g/mol. The van der Waals surface area contributed by atoms with Gasteiger partial charge in [0.1, 0.15) is 0 Å². The zero-order chi connectivity index (χ0) is 10.8. The molecule has 0 aliphatic heterocycles. The smallest absolute Gasteiger partial charge is 0.153 e. The van der Waals surface area contributed by atoms with Crippen molar-refractivity contribution in [3.63, 3.8) is 0 Å². The minimum absolute atomic E-state index is 0.495. The van der Waals surface area contributed by atoms with E-state index in [0.717, 1.165) is 10.0 Å². The maximum absolute atomic E-state index is 9.43. The van der Waals surface area contributed by atoms with Crippen LogP contribution in [0.1, 0.15) is 18.6 Å². The van der Waals surface area contributed by atoms with Crippen LogP contribution >= 0.6 is 15.9 Å². The molecule has 0 amide bonds. The van der Waals surface area contributed by atoms with Crippen molar-refractivity contribution >= 4 is 15.9 Å². The molecule has 2 aromatic heterocycles. The minimum Gasteiger partial charge on any atom is -0.389 e. The van der Waals surface area contributed by atoms with Gasteiger partial charge in [-0.2, -0.15) is 5.10 Å². The number of aliphatic hydroxyl groups is 1. The van der Waals surface area contributed by atoms with Gasteiger partial charge in [0.05, 0.1) is 16.8 Å². The summed E-state index contributed by atoms with van der Waals surface area (Å²) in [5.74, 6) is 0.694. The highest BCUT2D eigenvalue weighted by Crippen LogP contribution is 2.15. The molecule has 78 valence electrons. The van der Waals surface area contributed by atoms with Gasteiger partial charge in [-0.05, 0) is 40.5 Å². The first-order valence-electron chi connectivity index (χ1n) is 4.51. The molecule has 0 saturated heterocycles. The maximum Gasteiger partial charge on any atom is 0.153 e. The number of aromatic nitrogens is 3. The standard InChI is InChI=1S/C10H10BrN3O/c1-7(15)8-2-3-12-10(4-8)14-6-9(11)5-13-14/h2-7,15H,1H3/t7-/m0/s1. The molecule has 0 aromatic carbocycles. The molecule has 0 fully saturated rings. The van der Waals surface area contributed by atoms with Gasteiger partial charge in [0.25, 0.3) is 0 Å². The lowest BCUT2D eigenvalue weighted by molar-refractivity contribution is 0.199. The van der Waals surface area contributed by atoms with E-state index in [1.54, 1.807) is 30.1 Å². The summed E-state index contributed by atoms with van der Waals surface area (Å²) in [6, 6.07) is 3.59. The van der Waals surface area contributed by atoms with Crippen LogP contribution in [0.3, 0.4) is 0 Å². The fraction of sp³-hybridized carbons (Fsp3) is 0.200. The van der Waals surface area contributed by atoms with Gasteiger partial charge in [-0.25, -0.2) is 9.67 Å². The molecule has 4 nitrogen and oxygen atoms in total. The number of hydrogen-bond donors (Lipinski definition) is 1. The third-order valence-corrected chi connectivity index (χ3v) is 2.45. The Morgan fingerprint density at radius 2 is 2.33 bits per heavy atom. The summed E-state index contributed by atoms with van der Waals surface area (Å²) in [6.07, 6.45) is 4.67. The van der Waals surface area contributed by atoms with Gasteiger partial charge < -0.3 is 5.11 Å². The minimum atomic E-state index is -0.495. The van der Waals surface area contributed by atoms with Crippen LogP contribution in [-0.2, 0) is 0 Å². The van der Waals surface area contributed by atoms with Gasteiger partial charge in [-0.1, -0.05) is 0 Å². The van der Waals surface area contributed by atoms with Gasteiger partial charge in [0.2, 0.25) is 0 Å². The topological polar surface area (TPSA) is 50.9 Å². The van der Waals surface area contributed by atoms with Crippen molar-refractivity contribution in [3.8, 4) is 5.82 Å². The van der Waals surface area contributed by atoms with E-state index in [1.807, 2.05) is 12.3 Å². The van der Waals surface area contributed by atoms with Crippen molar-refractivity contribution in [1.82, 2.24) is 14.8 Å². The van der Waals surface area contributed by atoms with E-state index in [4.69, 9.17) is 0 Å². The van der Waals surface area contributed by atoms with Gasteiger partial charge in [0, 0.05) is 12.4 Å². The molecule has 2 aromatic rings. The first-order chi connectivity index (χ1) is 7.16. The second-order valence-electron chi connectivity index (χ2n) is 3.23. The molecule has 0 radical (unpaired) electrons. The lowest BCUT2D eigenvalue weighted by atomic mass is 10.2. The predicted octanol–water partition coefficient (Wildman–Crippen LogP) is 2.08. The molecule has 2 heterocycles. The molecule has 1 N–H and O–H groups in total. The number of nitrogens with zero attached hydrogens (tertiary/aromatic N) is 3. The Labute approximate surface area is 95.7 Å². The van der Waals surface area contributed by atoms with Crippen molar-refractivity contribution in [3.05, 3.63) is 40.8 Å². The van der Waals surface area contributed by atoms with E-state index in [9.17, 15) is 5.11 Å². The maximum atomic E-state index is 9.43. The molecule has 2 rings (SSSR count). The average Bonchev–Trinajstić information content (AvgIpc) is 2.65. The largest absolute Gasteiger partial charge is 0.389 e. The Balaban J connectivity index is 2.41. The fourth-order valence-corrected chi connectivity index (χ4v) is 1.53. The normalized spacial score (nSPS) is 12.7. The molecule has 15 heavy (non-hydrogen) atoms. The van der Waals surface area contributed by atoms with Crippen LogP contribution in [0, 0.1) is 0 Å². The molecule has 0 aliphatic carbocycles. The van der Waals surface area contributed by atoms with E-state index in [1.165, 1.54) is 0 Å². The molecule has 0 bridgehead atoms. The number of pyridine rings is 1. The van der Waals surface area contributed by atoms with E-state index in [2.05, 4.69) is 26.0 Å². The van der Waals surface area contributed by atoms with E-state index < -0.39 is 6.10 Å². The monoisotopic (exact) mass is 267 g/mol. The molecule has 0 unspecified atom stereocenters. The SMILES string of the molecule is C[C@H](O)c1ccnc(-n2cc(Br)cn2)c1. The molecule has 5 heteroatoms. The highest BCUT2D eigenvalue weighted by molar-refractivity contribution is 9.10. The Morgan fingerprint density at radius 3 is 2.93 bits per heavy atom. The summed E-state index contributed by atoms with van der Waals surface area (Å²) in [7, 11) is 0. The van der Waals surface area contributed by atoms with E-state index >= 15 is 0 Å². The van der Waals surface area contributed by atoms with Crippen molar-refractivity contribution in [2.75, 3.05) is 0 Å². The van der Waals surface area contributed by atoms with Gasteiger partial charge in [-0.3, -0.25) is 0 Å². The van der Waals surface area contributed by atoms with Crippen molar-refractivity contribution in [1.29, 1.82) is 0 Å². The summed E-state index contributed by atoms with van der Waals surface area (Å²) in [6.45, 7) is 1.72. The van der Waals surface area contributed by atoms with Crippen molar-refractivity contribution in [2.45, 2.75) is 13.0 Å². The first-order valence-corrected chi connectivity index (χ1v) is 5.30. The Kier molecular flexibility index (Phi) is 2.83. The fourth-order valence-electron chi connectivity index (χ4n) is 1.25. The quantitative estimate of drug-likeness (QED) is 0.907. The lowest BCUT2D eigenvalue weighted by Gasteiger charge is -2.06. The number of aliphatic hydroxyl groups excluding tert-OH is 1. The third kappa shape index (κ3) is 2.24. The highest BCUT2D eigenvalue weighted by Gasteiger charge is 2.04. The average molecular weight is 268 g/mol. The molecule has 0 saturated carbocycles. The molecule has 0 aliphatic rings. The summed E-state index contributed by atoms with van der Waals surface area (Å²) in [5, 5.41) is 13.5. The molecular formula is C10H10BrN3O. The van der Waals surface area contributed by atoms with Crippen LogP contribution < -0.4 is 0 Å². The van der Waals surface area contributed by atoms with Crippen LogP contribution in [-0.4, -0.2) is 19.9 Å². The zero-order valence-electron chi connectivity index (χ0n) is 8.13. The summed E-state index contributed by atoms with van der Waals surface area (Å²) in [4.78, 5) is 4.17. The third-order valence-electron chi connectivity index (χ3n) is 2.04. The Morgan fingerprint density at radius 1 is 1.53 bits per heavy atom. The highest BCUT2D eigenvalue weighted by atomic mass is 79.9. The number of halogens is 1. The van der Waals surface area contributed by atoms with Crippen molar-refractivity contribution < 1.29 is 5.11 Å². The summed E-state index contributed by atoms with van der Waals surface area (Å²) >= 11 is 3.32. The second-order valence-corrected chi connectivity index (χ2v) is 4.14. The van der Waals surface area contributed by atoms with Gasteiger partial charge in [0.15, 0.2) is 5.82 Å². The van der Waals surface area contributed by atoms with Crippen LogP contribution in [0.4, 0.5) is 0 Å². The van der Waals surface area contributed by atoms with Crippen LogP contribution in [0.25, 0.3) is 5.82 Å². The Hall–Kier alpha value is -1.20. The number of hydrogen-bond acceptors (Lipinski definition) is 3. The van der Waals surface area contributed by atoms with Crippen molar-refractivity contribution in [2.24, 2.45) is 0 Å². The van der Waals surface area contributed by atoms with Crippen LogP contribution in [0.2, 0.25) is 0 Å². The summed E-state index contributed by atoms with van der Waals surface area (Å²) in [5.41, 5.74) is 0.826. The van der Waals surface area contributed by atoms with E-state index in [-0.39, 0.29) is 0 Å². The molecule has 0 spiro atoms. The first kappa shape index (κ1) is 10.3. The lowest BCUT2D eigenvalue weighted by Crippen LogP contribution is -2.00.